The molecule has 0 radical (unpaired) electrons. The van der Waals surface area contributed by atoms with Crippen LogP contribution >= 0.6 is 23.2 Å². The Hall–Kier alpha value is -1.78. The lowest BCUT2D eigenvalue weighted by Crippen LogP contribution is -2.14. The van der Waals surface area contributed by atoms with Crippen LogP contribution in [0.3, 0.4) is 0 Å². The first-order valence-corrected chi connectivity index (χ1v) is 6.14. The molecule has 0 atom stereocenters. The van der Waals surface area contributed by atoms with E-state index < -0.39 is 5.91 Å². The average Bonchev–Trinajstić information content (AvgIpc) is 2.36. The summed E-state index contributed by atoms with van der Waals surface area (Å²) in [5, 5.41) is 10.4. The van der Waals surface area contributed by atoms with E-state index >= 15 is 0 Å². The molecule has 0 unspecified atom stereocenters. The largest absolute Gasteiger partial charge is 0.508 e. The second-order valence-corrected chi connectivity index (χ2v) is 4.78. The standard InChI is InChI=1S/C13H10Cl2N2O2/c14-10-4-8(12(18)5-11(10)15)3-7-1-2-17-6-9(7)13(16)19/h1-2,4-6,18H,3H2,(H2,16,19). The van der Waals surface area contributed by atoms with Gasteiger partial charge in [0, 0.05) is 24.9 Å². The van der Waals surface area contributed by atoms with Crippen LogP contribution < -0.4 is 5.73 Å². The van der Waals surface area contributed by atoms with Gasteiger partial charge in [-0.05, 0) is 23.3 Å². The summed E-state index contributed by atoms with van der Waals surface area (Å²) in [6.45, 7) is 0. The van der Waals surface area contributed by atoms with Crippen molar-refractivity contribution in [3.05, 3.63) is 57.3 Å². The van der Waals surface area contributed by atoms with E-state index in [1.165, 1.54) is 12.3 Å². The number of hydrogen-bond acceptors (Lipinski definition) is 3. The third-order valence-electron chi connectivity index (χ3n) is 2.68. The van der Waals surface area contributed by atoms with Crippen molar-refractivity contribution in [2.45, 2.75) is 6.42 Å². The Kier molecular flexibility index (Phi) is 3.93. The minimum Gasteiger partial charge on any atom is -0.508 e. The SMILES string of the molecule is NC(=O)c1cnccc1Cc1cc(Cl)c(Cl)cc1O. The fourth-order valence-electron chi connectivity index (χ4n) is 1.72. The molecule has 0 aliphatic heterocycles. The number of halogens is 2. The number of rotatable bonds is 3. The number of benzene rings is 1. The molecule has 6 heteroatoms. The molecule has 98 valence electrons. The van der Waals surface area contributed by atoms with Gasteiger partial charge in [0.25, 0.3) is 5.91 Å². The minimum atomic E-state index is -0.567. The van der Waals surface area contributed by atoms with Gasteiger partial charge in [0.2, 0.25) is 0 Å². The molecule has 4 nitrogen and oxygen atoms in total. The van der Waals surface area contributed by atoms with Crippen molar-refractivity contribution < 1.29 is 9.90 Å². The summed E-state index contributed by atoms with van der Waals surface area (Å²) in [5.41, 5.74) is 6.81. The molecular weight excluding hydrogens is 287 g/mol. The van der Waals surface area contributed by atoms with E-state index in [1.807, 2.05) is 0 Å². The van der Waals surface area contributed by atoms with Gasteiger partial charge in [0.15, 0.2) is 0 Å². The van der Waals surface area contributed by atoms with Gasteiger partial charge < -0.3 is 10.8 Å². The minimum absolute atomic E-state index is 0.0154. The van der Waals surface area contributed by atoms with Gasteiger partial charge in [-0.25, -0.2) is 0 Å². The normalized spacial score (nSPS) is 10.4. The molecule has 19 heavy (non-hydrogen) atoms. The van der Waals surface area contributed by atoms with Crippen LogP contribution in [-0.4, -0.2) is 16.0 Å². The predicted molar refractivity (Wildman–Crippen MR) is 73.7 cm³/mol. The molecule has 0 saturated carbocycles. The first-order valence-electron chi connectivity index (χ1n) is 5.38. The van der Waals surface area contributed by atoms with Gasteiger partial charge in [-0.15, -0.1) is 0 Å². The lowest BCUT2D eigenvalue weighted by Gasteiger charge is -2.09. The lowest BCUT2D eigenvalue weighted by atomic mass is 10.0. The smallest absolute Gasteiger partial charge is 0.250 e. The van der Waals surface area contributed by atoms with Crippen LogP contribution in [0.4, 0.5) is 0 Å². The molecule has 0 saturated heterocycles. The van der Waals surface area contributed by atoms with Crippen LogP contribution in [0.15, 0.2) is 30.6 Å². The van der Waals surface area contributed by atoms with Crippen molar-refractivity contribution in [2.24, 2.45) is 5.73 Å². The highest BCUT2D eigenvalue weighted by molar-refractivity contribution is 6.42. The predicted octanol–water partition coefficient (Wildman–Crippen LogP) is 2.78. The van der Waals surface area contributed by atoms with E-state index in [0.29, 0.717) is 28.1 Å². The molecule has 3 N–H and O–H groups in total. The molecule has 1 aromatic heterocycles. The molecule has 2 aromatic rings. The average molecular weight is 297 g/mol. The monoisotopic (exact) mass is 296 g/mol. The van der Waals surface area contributed by atoms with Gasteiger partial charge >= 0.3 is 0 Å². The maximum atomic E-state index is 11.3. The molecule has 0 aliphatic rings. The molecule has 0 spiro atoms. The number of nitrogens with two attached hydrogens (primary N) is 1. The summed E-state index contributed by atoms with van der Waals surface area (Å²) in [4.78, 5) is 15.1. The Morgan fingerprint density at radius 3 is 2.63 bits per heavy atom. The number of carbonyl (C=O) groups is 1. The first-order chi connectivity index (χ1) is 8.99. The number of phenolic OH excluding ortho intramolecular Hbond substituents is 1. The van der Waals surface area contributed by atoms with Crippen molar-refractivity contribution in [1.82, 2.24) is 4.98 Å². The topological polar surface area (TPSA) is 76.2 Å². The number of aromatic nitrogens is 1. The Morgan fingerprint density at radius 2 is 1.95 bits per heavy atom. The summed E-state index contributed by atoms with van der Waals surface area (Å²) in [5.74, 6) is -0.552. The van der Waals surface area contributed by atoms with Crippen molar-refractivity contribution in [2.75, 3.05) is 0 Å². The highest BCUT2D eigenvalue weighted by atomic mass is 35.5. The van der Waals surface area contributed by atoms with Crippen LogP contribution in [0.2, 0.25) is 10.0 Å². The Balaban J connectivity index is 2.42. The molecule has 0 fully saturated rings. The third kappa shape index (κ3) is 2.97. The molecule has 0 bridgehead atoms. The summed E-state index contributed by atoms with van der Waals surface area (Å²) in [6, 6.07) is 4.59. The van der Waals surface area contributed by atoms with E-state index in [9.17, 15) is 9.90 Å². The Labute approximate surface area is 119 Å². The zero-order valence-electron chi connectivity index (χ0n) is 9.73. The molecule has 1 amide bonds. The van der Waals surface area contributed by atoms with Crippen LogP contribution in [0.5, 0.6) is 5.75 Å². The number of aromatic hydroxyl groups is 1. The van der Waals surface area contributed by atoms with Crippen LogP contribution in [0, 0.1) is 0 Å². The van der Waals surface area contributed by atoms with Crippen molar-refractivity contribution >= 4 is 29.1 Å². The maximum absolute atomic E-state index is 11.3. The number of carbonyl (C=O) groups excluding carboxylic acids is 1. The molecule has 1 aromatic carbocycles. The first kappa shape index (κ1) is 13.6. The van der Waals surface area contributed by atoms with Gasteiger partial charge in [-0.3, -0.25) is 9.78 Å². The van der Waals surface area contributed by atoms with E-state index in [0.717, 1.165) is 0 Å². The molecule has 0 aliphatic carbocycles. The number of pyridine rings is 1. The van der Waals surface area contributed by atoms with Crippen molar-refractivity contribution in [1.29, 1.82) is 0 Å². The van der Waals surface area contributed by atoms with Crippen molar-refractivity contribution in [3.63, 3.8) is 0 Å². The van der Waals surface area contributed by atoms with Crippen molar-refractivity contribution in [3.8, 4) is 5.75 Å². The zero-order chi connectivity index (χ0) is 14.0. The maximum Gasteiger partial charge on any atom is 0.250 e. The second kappa shape index (κ2) is 5.47. The van der Waals surface area contributed by atoms with Gasteiger partial charge in [-0.2, -0.15) is 0 Å². The number of nitrogens with zero attached hydrogens (tertiary/aromatic N) is 1. The summed E-state index contributed by atoms with van der Waals surface area (Å²) >= 11 is 11.7. The molecular formula is C13H10Cl2N2O2. The Morgan fingerprint density at radius 1 is 1.26 bits per heavy atom. The highest BCUT2D eigenvalue weighted by Crippen LogP contribution is 2.31. The number of phenols is 1. The third-order valence-corrected chi connectivity index (χ3v) is 3.40. The lowest BCUT2D eigenvalue weighted by molar-refractivity contribution is 0.0999. The van der Waals surface area contributed by atoms with Gasteiger partial charge in [0.05, 0.1) is 15.6 Å². The van der Waals surface area contributed by atoms with Crippen LogP contribution in [0.25, 0.3) is 0 Å². The second-order valence-electron chi connectivity index (χ2n) is 3.97. The Bertz CT molecular complexity index is 645. The van der Waals surface area contributed by atoms with E-state index in [2.05, 4.69) is 4.98 Å². The van der Waals surface area contributed by atoms with Crippen LogP contribution in [0.1, 0.15) is 21.5 Å². The van der Waals surface area contributed by atoms with E-state index in [4.69, 9.17) is 28.9 Å². The number of amides is 1. The number of primary amides is 1. The summed E-state index contributed by atoms with van der Waals surface area (Å²) in [7, 11) is 0. The summed E-state index contributed by atoms with van der Waals surface area (Å²) < 4.78 is 0. The fraction of sp³-hybridized carbons (Fsp3) is 0.0769. The van der Waals surface area contributed by atoms with Gasteiger partial charge in [0.1, 0.15) is 5.75 Å². The molecule has 1 heterocycles. The van der Waals surface area contributed by atoms with Crippen LogP contribution in [-0.2, 0) is 6.42 Å². The number of hydrogen-bond donors (Lipinski definition) is 2. The highest BCUT2D eigenvalue weighted by Gasteiger charge is 2.12. The zero-order valence-corrected chi connectivity index (χ0v) is 11.2. The van der Waals surface area contributed by atoms with Gasteiger partial charge in [-0.1, -0.05) is 23.2 Å². The summed E-state index contributed by atoms with van der Waals surface area (Å²) in [6.07, 6.45) is 3.26. The quantitative estimate of drug-likeness (QED) is 0.914. The van der Waals surface area contributed by atoms with E-state index in [1.54, 1.807) is 18.3 Å². The van der Waals surface area contributed by atoms with E-state index in [-0.39, 0.29) is 10.8 Å². The molecule has 2 rings (SSSR count). The fourth-order valence-corrected chi connectivity index (χ4v) is 2.07.